The molecule has 0 radical (unpaired) electrons. The first-order valence-electron chi connectivity index (χ1n) is 7.55. The largest absolute Gasteiger partial charge is 0.353 e. The summed E-state index contributed by atoms with van der Waals surface area (Å²) in [6.07, 6.45) is 3.67. The quantitative estimate of drug-likeness (QED) is 0.849. The fourth-order valence-electron chi connectivity index (χ4n) is 2.32. The summed E-state index contributed by atoms with van der Waals surface area (Å²) in [5.41, 5.74) is 3.60. The van der Waals surface area contributed by atoms with Gasteiger partial charge in [0.1, 0.15) is 5.82 Å². The lowest BCUT2D eigenvalue weighted by molar-refractivity contribution is 0.722. The fraction of sp³-hybridized carbons (Fsp3) is 0.412. The number of nitrogens with zero attached hydrogens (tertiary/aromatic N) is 3. The lowest BCUT2D eigenvalue weighted by atomic mass is 10.2. The molecule has 0 fully saturated rings. The summed E-state index contributed by atoms with van der Waals surface area (Å²) < 4.78 is 0. The Morgan fingerprint density at radius 1 is 1.10 bits per heavy atom. The first kappa shape index (κ1) is 15.4. The highest BCUT2D eigenvalue weighted by molar-refractivity contribution is 5.43. The summed E-state index contributed by atoms with van der Waals surface area (Å²) in [4.78, 5) is 11.1. The predicted octanol–water partition coefficient (Wildman–Crippen LogP) is 2.92. The van der Waals surface area contributed by atoms with Crippen molar-refractivity contribution < 1.29 is 0 Å². The molecule has 2 rings (SSSR count). The van der Waals surface area contributed by atoms with Gasteiger partial charge in [-0.2, -0.15) is 0 Å². The van der Waals surface area contributed by atoms with E-state index in [2.05, 4.69) is 60.2 Å². The van der Waals surface area contributed by atoms with Crippen molar-refractivity contribution in [1.29, 1.82) is 0 Å². The van der Waals surface area contributed by atoms with Crippen LogP contribution in [0.1, 0.15) is 30.7 Å². The Labute approximate surface area is 127 Å². The second kappa shape index (κ2) is 7.74. The van der Waals surface area contributed by atoms with E-state index in [1.165, 1.54) is 11.1 Å². The van der Waals surface area contributed by atoms with Gasteiger partial charge in [-0.3, -0.25) is 4.98 Å². The van der Waals surface area contributed by atoms with E-state index in [4.69, 9.17) is 4.98 Å². The Balaban J connectivity index is 2.19. The number of rotatable bonds is 7. The van der Waals surface area contributed by atoms with E-state index >= 15 is 0 Å². The molecule has 4 heteroatoms. The molecule has 1 N–H and O–H groups in total. The maximum atomic E-state index is 4.69. The molecule has 4 nitrogen and oxygen atoms in total. The predicted molar refractivity (Wildman–Crippen MR) is 87.3 cm³/mol. The van der Waals surface area contributed by atoms with Crippen LogP contribution in [0, 0.1) is 6.92 Å². The van der Waals surface area contributed by atoms with Crippen molar-refractivity contribution in [3.8, 4) is 0 Å². The van der Waals surface area contributed by atoms with Crippen LogP contribution in [-0.4, -0.2) is 23.1 Å². The summed E-state index contributed by atoms with van der Waals surface area (Å²) >= 11 is 0. The molecular formula is C17H24N4. The van der Waals surface area contributed by atoms with Gasteiger partial charge in [-0.25, -0.2) is 4.98 Å². The molecule has 21 heavy (non-hydrogen) atoms. The van der Waals surface area contributed by atoms with Crippen molar-refractivity contribution in [2.75, 3.05) is 18.0 Å². The van der Waals surface area contributed by atoms with Gasteiger partial charge in [0.25, 0.3) is 0 Å². The monoisotopic (exact) mass is 284 g/mol. The van der Waals surface area contributed by atoms with Gasteiger partial charge in [0.2, 0.25) is 0 Å². The molecule has 2 heterocycles. The van der Waals surface area contributed by atoms with Gasteiger partial charge in [-0.1, -0.05) is 6.92 Å². The number of aromatic nitrogens is 2. The average Bonchev–Trinajstić information content (AvgIpc) is 2.51. The number of pyridine rings is 2. The van der Waals surface area contributed by atoms with Gasteiger partial charge in [-0.05, 0) is 55.8 Å². The lowest BCUT2D eigenvalue weighted by Crippen LogP contribution is -2.24. The summed E-state index contributed by atoms with van der Waals surface area (Å²) in [6, 6.07) is 8.43. The number of nitrogens with one attached hydrogen (secondary N) is 1. The Hall–Kier alpha value is -1.94. The zero-order valence-corrected chi connectivity index (χ0v) is 13.1. The highest BCUT2D eigenvalue weighted by Crippen LogP contribution is 2.17. The summed E-state index contributed by atoms with van der Waals surface area (Å²) in [5, 5.41) is 3.37. The third-order valence-corrected chi connectivity index (χ3v) is 3.41. The topological polar surface area (TPSA) is 41.1 Å². The molecule has 2 aromatic rings. The molecule has 0 aliphatic heterocycles. The lowest BCUT2D eigenvalue weighted by Gasteiger charge is -2.23. The van der Waals surface area contributed by atoms with E-state index < -0.39 is 0 Å². The molecule has 0 amide bonds. The van der Waals surface area contributed by atoms with Crippen LogP contribution in [0.2, 0.25) is 0 Å². The zero-order valence-electron chi connectivity index (χ0n) is 13.1. The van der Waals surface area contributed by atoms with Gasteiger partial charge in [-0.15, -0.1) is 0 Å². The second-order valence-corrected chi connectivity index (χ2v) is 5.12. The maximum absolute atomic E-state index is 4.69. The highest BCUT2D eigenvalue weighted by atomic mass is 15.2. The standard InChI is InChI=1S/C17H24N4/c1-4-18-12-16-10-14(3)20-17(11-16)21(5-2)13-15-6-8-19-9-7-15/h6-11,18H,4-5,12-13H2,1-3H3. The van der Waals surface area contributed by atoms with E-state index in [1.54, 1.807) is 0 Å². The minimum absolute atomic E-state index is 0.857. The van der Waals surface area contributed by atoms with Gasteiger partial charge >= 0.3 is 0 Å². The Morgan fingerprint density at radius 2 is 1.86 bits per heavy atom. The van der Waals surface area contributed by atoms with Crippen molar-refractivity contribution in [2.24, 2.45) is 0 Å². The van der Waals surface area contributed by atoms with Gasteiger partial charge in [0.05, 0.1) is 0 Å². The average molecular weight is 284 g/mol. The van der Waals surface area contributed by atoms with Crippen LogP contribution in [0.5, 0.6) is 0 Å². The van der Waals surface area contributed by atoms with E-state index in [0.29, 0.717) is 0 Å². The van der Waals surface area contributed by atoms with Crippen LogP contribution in [0.3, 0.4) is 0 Å². The molecular weight excluding hydrogens is 260 g/mol. The van der Waals surface area contributed by atoms with Gasteiger partial charge in [0.15, 0.2) is 0 Å². The van der Waals surface area contributed by atoms with Crippen molar-refractivity contribution in [3.63, 3.8) is 0 Å². The molecule has 0 atom stereocenters. The Kier molecular flexibility index (Phi) is 5.69. The fourth-order valence-corrected chi connectivity index (χ4v) is 2.32. The SMILES string of the molecule is CCNCc1cc(C)nc(N(CC)Cc2ccncc2)c1. The smallest absolute Gasteiger partial charge is 0.129 e. The van der Waals surface area contributed by atoms with Crippen LogP contribution in [-0.2, 0) is 13.1 Å². The van der Waals surface area contributed by atoms with E-state index in [9.17, 15) is 0 Å². The van der Waals surface area contributed by atoms with E-state index in [1.807, 2.05) is 12.4 Å². The normalized spacial score (nSPS) is 10.6. The van der Waals surface area contributed by atoms with E-state index in [-0.39, 0.29) is 0 Å². The first-order valence-corrected chi connectivity index (χ1v) is 7.55. The van der Waals surface area contributed by atoms with Crippen LogP contribution in [0.4, 0.5) is 5.82 Å². The second-order valence-electron chi connectivity index (χ2n) is 5.12. The summed E-state index contributed by atoms with van der Waals surface area (Å²) in [7, 11) is 0. The highest BCUT2D eigenvalue weighted by Gasteiger charge is 2.09. The third kappa shape index (κ3) is 4.53. The van der Waals surface area contributed by atoms with Gasteiger partial charge in [0, 0.05) is 37.7 Å². The molecule has 0 saturated carbocycles. The van der Waals surface area contributed by atoms with Gasteiger partial charge < -0.3 is 10.2 Å². The molecule has 2 aromatic heterocycles. The molecule has 0 aliphatic carbocycles. The number of anilines is 1. The molecule has 0 aromatic carbocycles. The molecule has 0 saturated heterocycles. The molecule has 0 unspecified atom stereocenters. The molecule has 112 valence electrons. The number of hydrogen-bond acceptors (Lipinski definition) is 4. The Bertz CT molecular complexity index is 554. The summed E-state index contributed by atoms with van der Waals surface area (Å²) in [6.45, 7) is 9.99. The van der Waals surface area contributed by atoms with Crippen molar-refractivity contribution in [1.82, 2.24) is 15.3 Å². The van der Waals surface area contributed by atoms with Crippen LogP contribution < -0.4 is 10.2 Å². The number of hydrogen-bond donors (Lipinski definition) is 1. The van der Waals surface area contributed by atoms with Crippen molar-refractivity contribution >= 4 is 5.82 Å². The van der Waals surface area contributed by atoms with Crippen molar-refractivity contribution in [2.45, 2.75) is 33.9 Å². The van der Waals surface area contributed by atoms with Crippen LogP contribution in [0.15, 0.2) is 36.7 Å². The third-order valence-electron chi connectivity index (χ3n) is 3.41. The molecule has 0 bridgehead atoms. The van der Waals surface area contributed by atoms with Crippen LogP contribution >= 0.6 is 0 Å². The Morgan fingerprint density at radius 3 is 2.52 bits per heavy atom. The number of aryl methyl sites for hydroxylation is 1. The molecule has 0 aliphatic rings. The minimum Gasteiger partial charge on any atom is -0.353 e. The van der Waals surface area contributed by atoms with Crippen molar-refractivity contribution in [3.05, 3.63) is 53.5 Å². The van der Waals surface area contributed by atoms with E-state index in [0.717, 1.165) is 37.7 Å². The maximum Gasteiger partial charge on any atom is 0.129 e. The first-order chi connectivity index (χ1) is 10.2. The molecule has 0 spiro atoms. The van der Waals surface area contributed by atoms with Crippen LogP contribution in [0.25, 0.3) is 0 Å². The summed E-state index contributed by atoms with van der Waals surface area (Å²) in [5.74, 6) is 1.04. The minimum atomic E-state index is 0.857. The zero-order chi connectivity index (χ0) is 15.1.